The normalized spacial score (nSPS) is 18.1. The average molecular weight is 326 g/mol. The number of carbonyl (C=O) groups is 1. The lowest BCUT2D eigenvalue weighted by Crippen LogP contribution is -2.44. The molecule has 1 aromatic heterocycles. The first kappa shape index (κ1) is 14.5. The molecule has 3 N–H and O–H groups in total. The maximum Gasteiger partial charge on any atom is 0.231 e. The summed E-state index contributed by atoms with van der Waals surface area (Å²) in [6.45, 7) is 2.30. The molecule has 2 rings (SSSR count). The second-order valence-electron chi connectivity index (χ2n) is 5.27. The Bertz CT molecular complexity index is 470. The van der Waals surface area contributed by atoms with Crippen LogP contribution in [0.25, 0.3) is 0 Å². The van der Waals surface area contributed by atoms with Gasteiger partial charge in [0, 0.05) is 6.54 Å². The summed E-state index contributed by atoms with van der Waals surface area (Å²) >= 11 is 3.32. The first-order valence-corrected chi connectivity index (χ1v) is 7.51. The molecular formula is C14H20BrN3O. The number of aryl methyl sites for hydroxylation is 1. The van der Waals surface area contributed by atoms with Gasteiger partial charge < -0.3 is 11.1 Å². The molecule has 1 aromatic rings. The van der Waals surface area contributed by atoms with Gasteiger partial charge in [-0.15, -0.1) is 0 Å². The Morgan fingerprint density at radius 1 is 1.42 bits per heavy atom. The molecule has 5 heteroatoms. The molecule has 0 atom stereocenters. The molecule has 0 bridgehead atoms. The zero-order valence-corrected chi connectivity index (χ0v) is 12.8. The summed E-state index contributed by atoms with van der Waals surface area (Å²) in [4.78, 5) is 16.8. The van der Waals surface area contributed by atoms with E-state index in [1.807, 2.05) is 19.1 Å². The molecule has 4 nitrogen and oxygen atoms in total. The molecule has 1 fully saturated rings. The number of amides is 1. The number of nitrogens with two attached hydrogens (primary N) is 1. The van der Waals surface area contributed by atoms with Gasteiger partial charge in [-0.2, -0.15) is 0 Å². The molecule has 0 aromatic carbocycles. The number of hydrogen-bond acceptors (Lipinski definition) is 3. The van der Waals surface area contributed by atoms with E-state index in [0.717, 1.165) is 41.7 Å². The summed E-state index contributed by atoms with van der Waals surface area (Å²) in [5.41, 5.74) is 7.06. The van der Waals surface area contributed by atoms with Crippen LogP contribution in [0, 0.1) is 12.3 Å². The maximum absolute atomic E-state index is 12.5. The van der Waals surface area contributed by atoms with E-state index in [2.05, 4.69) is 26.2 Å². The highest BCUT2D eigenvalue weighted by Crippen LogP contribution is 2.36. The minimum Gasteiger partial charge on any atom is -0.329 e. The number of halogens is 1. The molecule has 1 heterocycles. The van der Waals surface area contributed by atoms with Crippen molar-refractivity contribution in [2.45, 2.75) is 39.0 Å². The highest BCUT2D eigenvalue weighted by molar-refractivity contribution is 9.10. The number of nitrogens with zero attached hydrogens (tertiary/aromatic N) is 1. The van der Waals surface area contributed by atoms with Crippen LogP contribution >= 0.6 is 15.9 Å². The smallest absolute Gasteiger partial charge is 0.231 e. The average Bonchev–Trinajstić information content (AvgIpc) is 2.42. The predicted molar refractivity (Wildman–Crippen MR) is 79.9 cm³/mol. The number of anilines is 1. The second-order valence-corrected chi connectivity index (χ2v) is 6.08. The standard InChI is InChI=1S/C14H20BrN3O/c1-10-11(5-6-12(15)17-10)18-13(19)14(9-16)7-3-2-4-8-14/h5-6H,2-4,7-9,16H2,1H3,(H,18,19). The quantitative estimate of drug-likeness (QED) is 0.839. The van der Waals surface area contributed by atoms with E-state index in [-0.39, 0.29) is 5.91 Å². The van der Waals surface area contributed by atoms with Crippen LogP contribution in [0.4, 0.5) is 5.69 Å². The molecule has 0 saturated heterocycles. The van der Waals surface area contributed by atoms with Gasteiger partial charge in [0.2, 0.25) is 5.91 Å². The number of nitrogens with one attached hydrogen (secondary N) is 1. The Kier molecular flexibility index (Phi) is 4.58. The fourth-order valence-corrected chi connectivity index (χ4v) is 3.07. The van der Waals surface area contributed by atoms with E-state index >= 15 is 0 Å². The lowest BCUT2D eigenvalue weighted by molar-refractivity contribution is -0.126. The predicted octanol–water partition coefficient (Wildman–Crippen LogP) is 3.00. The molecular weight excluding hydrogens is 306 g/mol. The van der Waals surface area contributed by atoms with Crippen LogP contribution in [0.5, 0.6) is 0 Å². The van der Waals surface area contributed by atoms with Crippen LogP contribution in [0.3, 0.4) is 0 Å². The van der Waals surface area contributed by atoms with Gasteiger partial charge in [0.05, 0.1) is 16.8 Å². The van der Waals surface area contributed by atoms with Crippen molar-refractivity contribution in [1.29, 1.82) is 0 Å². The van der Waals surface area contributed by atoms with Crippen molar-refractivity contribution in [3.63, 3.8) is 0 Å². The van der Waals surface area contributed by atoms with Crippen molar-refractivity contribution in [1.82, 2.24) is 4.98 Å². The topological polar surface area (TPSA) is 68.0 Å². The highest BCUT2D eigenvalue weighted by atomic mass is 79.9. The van der Waals surface area contributed by atoms with E-state index < -0.39 is 5.41 Å². The number of pyridine rings is 1. The third kappa shape index (κ3) is 3.15. The maximum atomic E-state index is 12.5. The molecule has 0 aliphatic heterocycles. The number of rotatable bonds is 3. The van der Waals surface area contributed by atoms with Gasteiger partial charge in [0.25, 0.3) is 0 Å². The fourth-order valence-electron chi connectivity index (χ4n) is 2.67. The van der Waals surface area contributed by atoms with Crippen molar-refractivity contribution < 1.29 is 4.79 Å². The zero-order valence-electron chi connectivity index (χ0n) is 11.2. The van der Waals surface area contributed by atoms with Gasteiger partial charge in [-0.25, -0.2) is 4.98 Å². The van der Waals surface area contributed by atoms with E-state index in [9.17, 15) is 4.79 Å². The third-order valence-corrected chi connectivity index (χ3v) is 4.42. The number of aromatic nitrogens is 1. The van der Waals surface area contributed by atoms with Gasteiger partial charge in [-0.1, -0.05) is 19.3 Å². The highest BCUT2D eigenvalue weighted by Gasteiger charge is 2.38. The van der Waals surface area contributed by atoms with Crippen LogP contribution in [0.1, 0.15) is 37.8 Å². The summed E-state index contributed by atoms with van der Waals surface area (Å²) in [6.07, 6.45) is 5.15. The number of carbonyl (C=O) groups excluding carboxylic acids is 1. The minimum atomic E-state index is -0.391. The van der Waals surface area contributed by atoms with Crippen LogP contribution in [-0.2, 0) is 4.79 Å². The van der Waals surface area contributed by atoms with Crippen LogP contribution in [0.15, 0.2) is 16.7 Å². The van der Waals surface area contributed by atoms with E-state index in [4.69, 9.17) is 5.73 Å². The van der Waals surface area contributed by atoms with E-state index in [1.165, 1.54) is 6.42 Å². The Labute approximate surface area is 122 Å². The Morgan fingerprint density at radius 2 is 2.11 bits per heavy atom. The molecule has 0 spiro atoms. The summed E-state index contributed by atoms with van der Waals surface area (Å²) in [5.74, 6) is 0.0434. The van der Waals surface area contributed by atoms with Gasteiger partial charge in [0.15, 0.2) is 0 Å². The van der Waals surface area contributed by atoms with Crippen molar-refractivity contribution in [2.24, 2.45) is 11.1 Å². The van der Waals surface area contributed by atoms with Crippen molar-refractivity contribution >= 4 is 27.5 Å². The Morgan fingerprint density at radius 3 is 2.68 bits per heavy atom. The van der Waals surface area contributed by atoms with E-state index in [0.29, 0.717) is 6.54 Å². The van der Waals surface area contributed by atoms with Crippen LogP contribution in [0.2, 0.25) is 0 Å². The minimum absolute atomic E-state index is 0.0434. The number of hydrogen-bond donors (Lipinski definition) is 2. The van der Waals surface area contributed by atoms with Crippen molar-refractivity contribution in [2.75, 3.05) is 11.9 Å². The monoisotopic (exact) mass is 325 g/mol. The zero-order chi connectivity index (χ0) is 13.9. The first-order valence-electron chi connectivity index (χ1n) is 6.72. The van der Waals surface area contributed by atoms with E-state index in [1.54, 1.807) is 0 Å². The molecule has 1 amide bonds. The SMILES string of the molecule is Cc1nc(Br)ccc1NC(=O)C1(CN)CCCCC1. The molecule has 0 radical (unpaired) electrons. The van der Waals surface area contributed by atoms with Crippen LogP contribution < -0.4 is 11.1 Å². The lowest BCUT2D eigenvalue weighted by atomic mass is 9.73. The third-order valence-electron chi connectivity index (χ3n) is 3.98. The van der Waals surface area contributed by atoms with Gasteiger partial charge >= 0.3 is 0 Å². The fraction of sp³-hybridized carbons (Fsp3) is 0.571. The van der Waals surface area contributed by atoms with Gasteiger partial charge in [-0.3, -0.25) is 4.79 Å². The van der Waals surface area contributed by atoms with Gasteiger partial charge in [-0.05, 0) is 47.8 Å². The van der Waals surface area contributed by atoms with Crippen molar-refractivity contribution in [3.05, 3.63) is 22.4 Å². The summed E-state index contributed by atoms with van der Waals surface area (Å²) in [6, 6.07) is 3.70. The lowest BCUT2D eigenvalue weighted by Gasteiger charge is -2.34. The molecule has 0 unspecified atom stereocenters. The summed E-state index contributed by atoms with van der Waals surface area (Å²) in [5, 5.41) is 3.00. The molecule has 104 valence electrons. The second kappa shape index (κ2) is 6.01. The molecule has 1 saturated carbocycles. The summed E-state index contributed by atoms with van der Waals surface area (Å²) in [7, 11) is 0. The molecule has 1 aliphatic carbocycles. The van der Waals surface area contributed by atoms with Gasteiger partial charge in [0.1, 0.15) is 4.60 Å². The summed E-state index contributed by atoms with van der Waals surface area (Å²) < 4.78 is 0.772. The molecule has 19 heavy (non-hydrogen) atoms. The Balaban J connectivity index is 2.15. The Hall–Kier alpha value is -0.940. The largest absolute Gasteiger partial charge is 0.329 e. The van der Waals surface area contributed by atoms with Crippen LogP contribution in [-0.4, -0.2) is 17.4 Å². The first-order chi connectivity index (χ1) is 9.07. The van der Waals surface area contributed by atoms with Crippen molar-refractivity contribution in [3.8, 4) is 0 Å². The molecule has 1 aliphatic rings.